The van der Waals surface area contributed by atoms with Gasteiger partial charge < -0.3 is 0 Å². The Labute approximate surface area is 87.3 Å². The van der Waals surface area contributed by atoms with Gasteiger partial charge in [0, 0.05) is 6.07 Å². The molecule has 0 radical (unpaired) electrons. The smallest absolute Gasteiger partial charge is 0.258 e. The molecule has 0 fully saturated rings. The van der Waals surface area contributed by atoms with Gasteiger partial charge in [-0.1, -0.05) is 6.07 Å². The summed E-state index contributed by atoms with van der Waals surface area (Å²) in [7, 11) is 0. The predicted octanol–water partition coefficient (Wildman–Crippen LogP) is 2.35. The van der Waals surface area contributed by atoms with Gasteiger partial charge in [0.25, 0.3) is 5.69 Å². The summed E-state index contributed by atoms with van der Waals surface area (Å²) in [4.78, 5) is 10.2. The lowest BCUT2D eigenvalue weighted by atomic mass is 9.88. The Morgan fingerprint density at radius 1 is 1.33 bits per heavy atom. The largest absolute Gasteiger partial charge is 0.287 e. The van der Waals surface area contributed by atoms with E-state index in [0.29, 0.717) is 0 Å². The Morgan fingerprint density at radius 3 is 2.73 bits per heavy atom. The summed E-state index contributed by atoms with van der Waals surface area (Å²) < 4.78 is 0. The lowest BCUT2D eigenvalue weighted by molar-refractivity contribution is -0.385. The summed E-state index contributed by atoms with van der Waals surface area (Å²) in [6.07, 6.45) is 3.85. The molecule has 0 unspecified atom stereocenters. The van der Waals surface area contributed by atoms with Crippen molar-refractivity contribution in [3.8, 4) is 6.07 Å². The highest BCUT2D eigenvalue weighted by Gasteiger charge is 2.21. The second-order valence-electron chi connectivity index (χ2n) is 3.67. The molecular weight excluding hydrogens is 192 g/mol. The topological polar surface area (TPSA) is 66.9 Å². The van der Waals surface area contributed by atoms with E-state index in [1.54, 1.807) is 6.07 Å². The first-order chi connectivity index (χ1) is 7.24. The fourth-order valence-corrected chi connectivity index (χ4v) is 2.09. The van der Waals surface area contributed by atoms with E-state index in [4.69, 9.17) is 5.26 Å². The summed E-state index contributed by atoms with van der Waals surface area (Å²) >= 11 is 0. The highest BCUT2D eigenvalue weighted by Crippen LogP contribution is 2.30. The van der Waals surface area contributed by atoms with Crippen molar-refractivity contribution in [2.75, 3.05) is 0 Å². The van der Waals surface area contributed by atoms with Crippen LogP contribution in [0.1, 0.15) is 29.5 Å². The third-order valence-electron chi connectivity index (χ3n) is 2.82. The normalized spacial score (nSPS) is 14.1. The van der Waals surface area contributed by atoms with Crippen molar-refractivity contribution in [3.63, 3.8) is 0 Å². The van der Waals surface area contributed by atoms with Crippen LogP contribution in [0, 0.1) is 21.4 Å². The summed E-state index contributed by atoms with van der Waals surface area (Å²) in [5, 5.41) is 19.7. The minimum absolute atomic E-state index is 0.0573. The zero-order valence-corrected chi connectivity index (χ0v) is 8.19. The zero-order valence-electron chi connectivity index (χ0n) is 8.19. The first-order valence-electron chi connectivity index (χ1n) is 4.93. The van der Waals surface area contributed by atoms with Crippen LogP contribution in [-0.4, -0.2) is 4.92 Å². The van der Waals surface area contributed by atoms with Crippen molar-refractivity contribution >= 4 is 5.69 Å². The molecule has 15 heavy (non-hydrogen) atoms. The summed E-state index contributed by atoms with van der Waals surface area (Å²) in [5.41, 5.74) is 2.19. The second-order valence-corrected chi connectivity index (χ2v) is 3.67. The average Bonchev–Trinajstić information content (AvgIpc) is 2.27. The number of hydrogen-bond donors (Lipinski definition) is 0. The summed E-state index contributed by atoms with van der Waals surface area (Å²) in [5.74, 6) is 0. The highest BCUT2D eigenvalue weighted by molar-refractivity contribution is 5.56. The molecule has 0 atom stereocenters. The Bertz CT molecular complexity index is 460. The van der Waals surface area contributed by atoms with E-state index < -0.39 is 4.92 Å². The number of rotatable bonds is 1. The van der Waals surface area contributed by atoms with Gasteiger partial charge in [-0.25, -0.2) is 0 Å². The molecule has 0 spiro atoms. The Balaban J connectivity index is 2.63. The van der Waals surface area contributed by atoms with Gasteiger partial charge in [0.2, 0.25) is 0 Å². The van der Waals surface area contributed by atoms with E-state index in [0.717, 1.165) is 36.8 Å². The van der Waals surface area contributed by atoms with Crippen LogP contribution in [0.25, 0.3) is 0 Å². The van der Waals surface area contributed by atoms with Crippen molar-refractivity contribution in [3.05, 3.63) is 38.9 Å². The first-order valence-corrected chi connectivity index (χ1v) is 4.93. The molecule has 0 bridgehead atoms. The maximum absolute atomic E-state index is 10.7. The van der Waals surface area contributed by atoms with Gasteiger partial charge in [0.05, 0.1) is 4.92 Å². The second kappa shape index (κ2) is 3.70. The molecule has 1 aromatic rings. The van der Waals surface area contributed by atoms with Crippen LogP contribution < -0.4 is 0 Å². The monoisotopic (exact) mass is 202 g/mol. The summed E-state index contributed by atoms with van der Waals surface area (Å²) in [6.45, 7) is 0. The molecule has 4 nitrogen and oxygen atoms in total. The van der Waals surface area contributed by atoms with E-state index >= 15 is 0 Å². The van der Waals surface area contributed by atoms with Crippen LogP contribution >= 0.6 is 0 Å². The SMILES string of the molecule is N#Cc1c([N+](=O)[O-])ccc2c1CCCC2. The van der Waals surface area contributed by atoms with Gasteiger partial charge in [-0.2, -0.15) is 5.26 Å². The minimum Gasteiger partial charge on any atom is -0.258 e. The number of fused-ring (bicyclic) bond motifs is 1. The molecule has 0 aromatic heterocycles. The molecule has 4 heteroatoms. The average molecular weight is 202 g/mol. The third-order valence-corrected chi connectivity index (χ3v) is 2.82. The molecule has 0 saturated heterocycles. The van der Waals surface area contributed by atoms with Gasteiger partial charge in [-0.15, -0.1) is 0 Å². The van der Waals surface area contributed by atoms with E-state index in [2.05, 4.69) is 0 Å². The van der Waals surface area contributed by atoms with E-state index in [9.17, 15) is 10.1 Å². The minimum atomic E-state index is -0.479. The third kappa shape index (κ3) is 1.57. The fourth-order valence-electron chi connectivity index (χ4n) is 2.09. The number of hydrogen-bond acceptors (Lipinski definition) is 3. The van der Waals surface area contributed by atoms with Crippen molar-refractivity contribution in [2.24, 2.45) is 0 Å². The standard InChI is InChI=1S/C11H10N2O2/c12-7-10-9-4-2-1-3-8(9)5-6-11(10)13(14)15/h5-6H,1-4H2. The van der Waals surface area contributed by atoms with Crippen molar-refractivity contribution in [2.45, 2.75) is 25.7 Å². The van der Waals surface area contributed by atoms with Crippen LogP contribution in [0.5, 0.6) is 0 Å². The predicted molar refractivity (Wildman–Crippen MR) is 54.5 cm³/mol. The molecule has 1 aliphatic carbocycles. The maximum Gasteiger partial charge on any atom is 0.287 e. The summed E-state index contributed by atoms with van der Waals surface area (Å²) in [6, 6.07) is 5.20. The molecule has 0 N–H and O–H groups in total. The maximum atomic E-state index is 10.7. The Hall–Kier alpha value is -1.89. The van der Waals surface area contributed by atoms with Crippen LogP contribution in [0.4, 0.5) is 5.69 Å². The molecule has 1 aliphatic rings. The quantitative estimate of drug-likeness (QED) is 0.518. The first kappa shape index (κ1) is 9.66. The number of benzene rings is 1. The molecule has 2 rings (SSSR count). The molecule has 0 amide bonds. The number of nitriles is 1. The van der Waals surface area contributed by atoms with Crippen LogP contribution in [-0.2, 0) is 12.8 Å². The molecule has 1 aromatic carbocycles. The van der Waals surface area contributed by atoms with Crippen molar-refractivity contribution < 1.29 is 4.92 Å². The van der Waals surface area contributed by atoms with Gasteiger partial charge in [-0.3, -0.25) is 10.1 Å². The van der Waals surface area contributed by atoms with Gasteiger partial charge in [0.15, 0.2) is 0 Å². The molecule has 0 heterocycles. The Kier molecular flexibility index (Phi) is 2.38. The number of nitro groups is 1. The lowest BCUT2D eigenvalue weighted by Crippen LogP contribution is -2.07. The van der Waals surface area contributed by atoms with Crippen LogP contribution in [0.15, 0.2) is 12.1 Å². The molecule has 0 saturated carbocycles. The molecule has 76 valence electrons. The van der Waals surface area contributed by atoms with Crippen LogP contribution in [0.2, 0.25) is 0 Å². The van der Waals surface area contributed by atoms with E-state index in [1.165, 1.54) is 6.07 Å². The van der Waals surface area contributed by atoms with E-state index in [-0.39, 0.29) is 11.3 Å². The highest BCUT2D eigenvalue weighted by atomic mass is 16.6. The zero-order chi connectivity index (χ0) is 10.8. The van der Waals surface area contributed by atoms with Crippen LogP contribution in [0.3, 0.4) is 0 Å². The van der Waals surface area contributed by atoms with E-state index in [1.807, 2.05) is 6.07 Å². The lowest BCUT2D eigenvalue weighted by Gasteiger charge is -2.16. The van der Waals surface area contributed by atoms with Crippen molar-refractivity contribution in [1.82, 2.24) is 0 Å². The van der Waals surface area contributed by atoms with Gasteiger partial charge in [0.1, 0.15) is 11.6 Å². The molecular formula is C11H10N2O2. The van der Waals surface area contributed by atoms with Crippen molar-refractivity contribution in [1.29, 1.82) is 5.26 Å². The Morgan fingerprint density at radius 2 is 2.07 bits per heavy atom. The number of nitrogens with zero attached hydrogens (tertiary/aromatic N) is 2. The number of aryl methyl sites for hydroxylation is 1. The molecule has 0 aliphatic heterocycles. The van der Waals surface area contributed by atoms with Gasteiger partial charge in [-0.05, 0) is 36.8 Å². The number of nitro benzene ring substituents is 1. The van der Waals surface area contributed by atoms with Gasteiger partial charge >= 0.3 is 0 Å². The fraction of sp³-hybridized carbons (Fsp3) is 0.364.